The van der Waals surface area contributed by atoms with Gasteiger partial charge >= 0.3 is 6.03 Å². The minimum atomic E-state index is -0.282. The van der Waals surface area contributed by atoms with Gasteiger partial charge < -0.3 is 26.6 Å². The molecule has 2 aromatic heterocycles. The number of urea groups is 1. The maximum Gasteiger partial charge on any atom is 0.317 e. The minimum absolute atomic E-state index is 0.000246. The maximum atomic E-state index is 12.1. The number of nitriles is 1. The number of primary amides is 1. The van der Waals surface area contributed by atoms with E-state index in [9.17, 15) is 14.9 Å². The lowest BCUT2D eigenvalue weighted by molar-refractivity contribution is -0.122. The molecule has 1 atom stereocenters. The Morgan fingerprint density at radius 3 is 2.50 bits per heavy atom. The first-order valence-electron chi connectivity index (χ1n) is 13.2. The number of nitrogens with one attached hydrogen (secondary N) is 3. The van der Waals surface area contributed by atoms with Crippen molar-refractivity contribution in [3.63, 3.8) is 0 Å². The van der Waals surface area contributed by atoms with Crippen LogP contribution in [0.4, 0.5) is 22.4 Å². The van der Waals surface area contributed by atoms with Crippen LogP contribution in [-0.2, 0) is 4.79 Å². The molecule has 1 aromatic carbocycles. The highest BCUT2D eigenvalue weighted by atomic mass is 35.5. The number of carbonyl (C=O) groups is 2. The number of imidazole rings is 1. The van der Waals surface area contributed by atoms with Gasteiger partial charge in [-0.05, 0) is 50.7 Å². The van der Waals surface area contributed by atoms with E-state index >= 15 is 0 Å². The van der Waals surface area contributed by atoms with Gasteiger partial charge in [-0.2, -0.15) is 10.2 Å². The van der Waals surface area contributed by atoms with Crippen LogP contribution in [0.2, 0.25) is 10.0 Å². The summed E-state index contributed by atoms with van der Waals surface area (Å²) in [5.41, 5.74) is 7.53. The molecule has 14 heteroatoms. The molecule has 1 aliphatic heterocycles. The third-order valence-corrected chi connectivity index (χ3v) is 8.16. The fourth-order valence-electron chi connectivity index (χ4n) is 5.50. The van der Waals surface area contributed by atoms with E-state index in [1.54, 1.807) is 18.1 Å². The third-order valence-electron chi connectivity index (χ3n) is 7.56. The number of carbonyl (C=O) groups excluding carboxylic acids is 2. The number of nitrogens with two attached hydrogens (primary N) is 1. The summed E-state index contributed by atoms with van der Waals surface area (Å²) >= 11 is 13.0. The van der Waals surface area contributed by atoms with Crippen molar-refractivity contribution in [2.45, 2.75) is 50.6 Å². The highest BCUT2D eigenvalue weighted by Crippen LogP contribution is 2.39. The van der Waals surface area contributed by atoms with Crippen LogP contribution in [0.1, 0.15) is 50.1 Å². The van der Waals surface area contributed by atoms with Crippen molar-refractivity contribution in [2.75, 3.05) is 30.8 Å². The van der Waals surface area contributed by atoms with E-state index in [1.807, 2.05) is 10.6 Å². The van der Waals surface area contributed by atoms with Crippen LogP contribution in [0.3, 0.4) is 0 Å². The van der Waals surface area contributed by atoms with Gasteiger partial charge in [0.2, 0.25) is 17.8 Å². The molecule has 3 amide bonds. The van der Waals surface area contributed by atoms with Crippen LogP contribution < -0.4 is 21.7 Å². The van der Waals surface area contributed by atoms with Gasteiger partial charge in [-0.3, -0.25) is 9.36 Å². The fourth-order valence-corrected chi connectivity index (χ4v) is 6.08. The van der Waals surface area contributed by atoms with Crippen molar-refractivity contribution < 1.29 is 9.59 Å². The quantitative estimate of drug-likeness (QED) is 0.334. The Morgan fingerprint density at radius 2 is 1.85 bits per heavy atom. The van der Waals surface area contributed by atoms with Gasteiger partial charge in [-0.25, -0.2) is 14.8 Å². The van der Waals surface area contributed by atoms with Crippen LogP contribution in [-0.4, -0.2) is 62.5 Å². The summed E-state index contributed by atoms with van der Waals surface area (Å²) in [7, 11) is 1.62. The Labute approximate surface area is 241 Å². The van der Waals surface area contributed by atoms with E-state index in [0.29, 0.717) is 73.1 Å². The molecule has 0 radical (unpaired) electrons. The smallest absolute Gasteiger partial charge is 0.317 e. The molecular weight excluding hydrogens is 555 g/mol. The van der Waals surface area contributed by atoms with Gasteiger partial charge in [0.25, 0.3) is 0 Å². The molecule has 2 fully saturated rings. The molecular formula is C26H30Cl2N10O2. The standard InChI is InChI=1S/C26H30Cl2N10O2/c1-31-26(40)37-8-2-3-16(13-37)33-24-32-12-20-23(36-24)38(17-6-4-15(5-7-17)22(30)39)25(34-20)35-21-18(27)9-14(11-29)10-19(21)28/h9-10,12,15-17H,2-8,13H2,1H3,(H2,30,39)(H,31,40)(H,34,35)(H,32,33,36)/t15-,16-,17+/m1/s1. The van der Waals surface area contributed by atoms with Crippen LogP contribution in [0, 0.1) is 17.2 Å². The largest absolute Gasteiger partial charge is 0.369 e. The molecule has 0 spiro atoms. The van der Waals surface area contributed by atoms with Crippen LogP contribution in [0.25, 0.3) is 11.2 Å². The minimum Gasteiger partial charge on any atom is -0.369 e. The molecule has 210 valence electrons. The van der Waals surface area contributed by atoms with Gasteiger partial charge in [0.05, 0.1) is 33.6 Å². The lowest BCUT2D eigenvalue weighted by Gasteiger charge is -2.32. The van der Waals surface area contributed by atoms with Gasteiger partial charge in [-0.1, -0.05) is 23.2 Å². The Hall–Kier alpha value is -3.82. The Bertz CT molecular complexity index is 1460. The molecule has 2 aliphatic rings. The van der Waals surface area contributed by atoms with Crippen LogP contribution >= 0.6 is 23.2 Å². The number of halogens is 2. The summed E-state index contributed by atoms with van der Waals surface area (Å²) in [6.07, 6.45) is 6.14. The maximum absolute atomic E-state index is 12.1. The number of hydrogen-bond acceptors (Lipinski definition) is 8. The fraction of sp³-hybridized carbons (Fsp3) is 0.462. The second-order valence-electron chi connectivity index (χ2n) is 10.2. The third kappa shape index (κ3) is 5.71. The Balaban J connectivity index is 1.49. The molecule has 1 aliphatic carbocycles. The molecule has 1 saturated carbocycles. The summed E-state index contributed by atoms with van der Waals surface area (Å²) in [5, 5.41) is 19.1. The van der Waals surface area contributed by atoms with Crippen LogP contribution in [0.5, 0.6) is 0 Å². The zero-order valence-corrected chi connectivity index (χ0v) is 23.5. The van der Waals surface area contributed by atoms with E-state index in [2.05, 4.69) is 20.9 Å². The Morgan fingerprint density at radius 1 is 1.12 bits per heavy atom. The zero-order valence-electron chi connectivity index (χ0n) is 22.0. The van der Waals surface area contributed by atoms with Crippen molar-refractivity contribution in [2.24, 2.45) is 11.7 Å². The van der Waals surface area contributed by atoms with E-state index in [0.717, 1.165) is 12.8 Å². The number of hydrogen-bond donors (Lipinski definition) is 4. The van der Waals surface area contributed by atoms with Gasteiger partial charge in [0.15, 0.2) is 5.65 Å². The predicted molar refractivity (Wildman–Crippen MR) is 153 cm³/mol. The van der Waals surface area contributed by atoms with Gasteiger partial charge in [0, 0.05) is 38.1 Å². The molecule has 0 unspecified atom stereocenters. The van der Waals surface area contributed by atoms with E-state index in [-0.39, 0.29) is 40.0 Å². The SMILES string of the molecule is CNC(=O)N1CCC[C@@H](Nc2ncc3nc(Nc4c(Cl)cc(C#N)cc4Cl)n([C@H]4CC[C@@H](C(N)=O)CC4)c3n2)C1. The molecule has 5 N–H and O–H groups in total. The number of fused-ring (bicyclic) bond motifs is 1. The summed E-state index contributed by atoms with van der Waals surface area (Å²) in [6, 6.07) is 4.99. The van der Waals surface area contributed by atoms with Crippen molar-refractivity contribution >= 4 is 63.9 Å². The monoisotopic (exact) mass is 584 g/mol. The first-order chi connectivity index (χ1) is 19.3. The van der Waals surface area contributed by atoms with Gasteiger partial charge in [-0.15, -0.1) is 0 Å². The first-order valence-corrected chi connectivity index (χ1v) is 14.0. The number of likely N-dealkylation sites (tertiary alicyclic amines) is 1. The molecule has 40 heavy (non-hydrogen) atoms. The van der Waals surface area contributed by atoms with Crippen molar-refractivity contribution in [3.05, 3.63) is 33.9 Å². The first kappa shape index (κ1) is 27.7. The van der Waals surface area contributed by atoms with Crippen molar-refractivity contribution in [1.29, 1.82) is 5.26 Å². The average Bonchev–Trinajstić information content (AvgIpc) is 3.31. The number of nitrogens with zero attached hydrogens (tertiary/aromatic N) is 6. The Kier molecular flexibility index (Phi) is 8.14. The topological polar surface area (TPSA) is 167 Å². The van der Waals surface area contributed by atoms with Crippen molar-refractivity contribution in [3.8, 4) is 6.07 Å². The molecule has 3 heterocycles. The van der Waals surface area contributed by atoms with E-state index < -0.39 is 0 Å². The molecule has 0 bridgehead atoms. The number of rotatable bonds is 6. The van der Waals surface area contributed by atoms with E-state index in [4.69, 9.17) is 38.9 Å². The second kappa shape index (κ2) is 11.7. The summed E-state index contributed by atoms with van der Waals surface area (Å²) in [6.45, 7) is 1.24. The van der Waals surface area contributed by atoms with Crippen LogP contribution in [0.15, 0.2) is 18.3 Å². The summed E-state index contributed by atoms with van der Waals surface area (Å²) in [4.78, 5) is 39.8. The lowest BCUT2D eigenvalue weighted by Crippen LogP contribution is -2.48. The molecule has 1 saturated heterocycles. The zero-order chi connectivity index (χ0) is 28.4. The number of piperidine rings is 1. The summed E-state index contributed by atoms with van der Waals surface area (Å²) < 4.78 is 2.00. The van der Waals surface area contributed by atoms with Gasteiger partial charge in [0.1, 0.15) is 5.52 Å². The second-order valence-corrected chi connectivity index (χ2v) is 11.0. The summed E-state index contributed by atoms with van der Waals surface area (Å²) in [5.74, 6) is 0.465. The number of aromatic nitrogens is 4. The molecule has 5 rings (SSSR count). The molecule has 12 nitrogen and oxygen atoms in total. The number of benzene rings is 1. The highest BCUT2D eigenvalue weighted by molar-refractivity contribution is 6.39. The number of amides is 3. The average molecular weight is 586 g/mol. The number of anilines is 3. The normalized spacial score (nSPS) is 21.1. The molecule has 3 aromatic rings. The van der Waals surface area contributed by atoms with E-state index in [1.165, 1.54) is 12.1 Å². The van der Waals surface area contributed by atoms with Crippen molar-refractivity contribution in [1.82, 2.24) is 29.7 Å². The lowest BCUT2D eigenvalue weighted by atomic mass is 9.85. The highest BCUT2D eigenvalue weighted by Gasteiger charge is 2.30. The predicted octanol–water partition coefficient (Wildman–Crippen LogP) is 4.18.